The monoisotopic (exact) mass is 283 g/mol. The molecule has 0 saturated heterocycles. The molecule has 0 fully saturated rings. The highest BCUT2D eigenvalue weighted by Crippen LogP contribution is 2.35. The molecule has 2 N–H and O–H groups in total. The Balaban J connectivity index is 1.79. The lowest BCUT2D eigenvalue weighted by Crippen LogP contribution is -2.11. The van der Waals surface area contributed by atoms with Crippen LogP contribution in [-0.2, 0) is 6.42 Å². The third kappa shape index (κ3) is 3.03. The van der Waals surface area contributed by atoms with E-state index in [1.807, 2.05) is 18.2 Å². The Morgan fingerprint density at radius 3 is 2.33 bits per heavy atom. The molecule has 3 nitrogen and oxygen atoms in total. The second-order valence-electron chi connectivity index (χ2n) is 5.93. The molecule has 1 aliphatic heterocycles. The first-order chi connectivity index (χ1) is 10.1. The van der Waals surface area contributed by atoms with Crippen molar-refractivity contribution >= 4 is 0 Å². The van der Waals surface area contributed by atoms with Crippen molar-refractivity contribution in [2.24, 2.45) is 11.7 Å². The number of nitrogens with two attached hydrogens (primary N) is 1. The summed E-state index contributed by atoms with van der Waals surface area (Å²) in [5.74, 6) is 2.23. The predicted molar refractivity (Wildman–Crippen MR) is 83.6 cm³/mol. The standard InChI is InChI=1S/C18H21NO2/c1-12(2)9-13-3-5-14(6-4-13)18(19)15-7-8-16-17(10-15)21-11-20-16/h3-8,10,12,18H,9,11,19H2,1-2H3. The Labute approximate surface area is 125 Å². The van der Waals surface area contributed by atoms with Gasteiger partial charge in [0.05, 0.1) is 6.04 Å². The summed E-state index contributed by atoms with van der Waals surface area (Å²) >= 11 is 0. The van der Waals surface area contributed by atoms with E-state index in [-0.39, 0.29) is 12.8 Å². The lowest BCUT2D eigenvalue weighted by Gasteiger charge is -2.14. The minimum absolute atomic E-state index is 0.146. The summed E-state index contributed by atoms with van der Waals surface area (Å²) in [5.41, 5.74) is 9.87. The molecule has 1 heterocycles. The molecule has 110 valence electrons. The van der Waals surface area contributed by atoms with Crippen molar-refractivity contribution in [1.82, 2.24) is 0 Å². The van der Waals surface area contributed by atoms with Gasteiger partial charge in [-0.05, 0) is 41.2 Å². The van der Waals surface area contributed by atoms with Crippen LogP contribution in [0.3, 0.4) is 0 Å². The molecule has 3 heteroatoms. The highest BCUT2D eigenvalue weighted by atomic mass is 16.7. The fraction of sp³-hybridized carbons (Fsp3) is 0.333. The highest BCUT2D eigenvalue weighted by molar-refractivity contribution is 5.47. The third-order valence-corrected chi connectivity index (χ3v) is 3.74. The van der Waals surface area contributed by atoms with Crippen molar-refractivity contribution in [3.8, 4) is 11.5 Å². The second kappa shape index (κ2) is 5.78. The zero-order valence-corrected chi connectivity index (χ0v) is 12.5. The molecule has 0 saturated carbocycles. The Bertz CT molecular complexity index is 620. The summed E-state index contributed by atoms with van der Waals surface area (Å²) in [6, 6.07) is 14.3. The molecule has 0 bridgehead atoms. The van der Waals surface area contributed by atoms with Crippen LogP contribution in [0.2, 0.25) is 0 Å². The smallest absolute Gasteiger partial charge is 0.231 e. The number of hydrogen-bond acceptors (Lipinski definition) is 3. The maximum Gasteiger partial charge on any atom is 0.231 e. The SMILES string of the molecule is CC(C)Cc1ccc(C(N)c2ccc3c(c2)OCO3)cc1. The van der Waals surface area contributed by atoms with Crippen molar-refractivity contribution in [2.75, 3.05) is 6.79 Å². The van der Waals surface area contributed by atoms with E-state index in [9.17, 15) is 0 Å². The van der Waals surface area contributed by atoms with Gasteiger partial charge in [-0.15, -0.1) is 0 Å². The van der Waals surface area contributed by atoms with Crippen molar-refractivity contribution in [3.05, 3.63) is 59.2 Å². The third-order valence-electron chi connectivity index (χ3n) is 3.74. The summed E-state index contributed by atoms with van der Waals surface area (Å²) in [7, 11) is 0. The molecule has 1 atom stereocenters. The van der Waals surface area contributed by atoms with Crippen LogP contribution >= 0.6 is 0 Å². The van der Waals surface area contributed by atoms with Crippen molar-refractivity contribution in [1.29, 1.82) is 0 Å². The Kier molecular flexibility index (Phi) is 3.84. The summed E-state index contributed by atoms with van der Waals surface area (Å²) in [4.78, 5) is 0. The molecule has 0 amide bonds. The Hall–Kier alpha value is -2.00. The van der Waals surface area contributed by atoms with Crippen LogP contribution in [0, 0.1) is 5.92 Å². The normalized spacial score (nSPS) is 14.5. The van der Waals surface area contributed by atoms with E-state index in [2.05, 4.69) is 38.1 Å². The van der Waals surface area contributed by atoms with E-state index in [4.69, 9.17) is 15.2 Å². The van der Waals surface area contributed by atoms with Crippen molar-refractivity contribution in [3.63, 3.8) is 0 Å². The maximum absolute atomic E-state index is 6.37. The van der Waals surface area contributed by atoms with Gasteiger partial charge in [0.15, 0.2) is 11.5 Å². The van der Waals surface area contributed by atoms with Crippen LogP contribution in [0.5, 0.6) is 11.5 Å². The molecule has 0 aromatic heterocycles. The topological polar surface area (TPSA) is 44.5 Å². The quantitative estimate of drug-likeness (QED) is 0.931. The van der Waals surface area contributed by atoms with Gasteiger partial charge in [-0.25, -0.2) is 0 Å². The average Bonchev–Trinajstić information content (AvgIpc) is 2.94. The summed E-state index contributed by atoms with van der Waals surface area (Å²) in [6.07, 6.45) is 1.10. The largest absolute Gasteiger partial charge is 0.454 e. The fourth-order valence-electron chi connectivity index (χ4n) is 2.63. The number of hydrogen-bond donors (Lipinski definition) is 1. The lowest BCUT2D eigenvalue weighted by molar-refractivity contribution is 0.174. The predicted octanol–water partition coefficient (Wildman–Crippen LogP) is 3.66. The van der Waals surface area contributed by atoms with Gasteiger partial charge in [-0.2, -0.15) is 0 Å². The molecular weight excluding hydrogens is 262 g/mol. The zero-order valence-electron chi connectivity index (χ0n) is 12.5. The van der Waals surface area contributed by atoms with E-state index < -0.39 is 0 Å². The van der Waals surface area contributed by atoms with Gasteiger partial charge in [-0.3, -0.25) is 0 Å². The molecular formula is C18H21NO2. The summed E-state index contributed by atoms with van der Waals surface area (Å²) in [5, 5.41) is 0. The molecule has 21 heavy (non-hydrogen) atoms. The number of fused-ring (bicyclic) bond motifs is 1. The minimum atomic E-state index is -0.146. The molecule has 0 spiro atoms. The summed E-state index contributed by atoms with van der Waals surface area (Å²) < 4.78 is 10.7. The molecule has 1 aliphatic rings. The molecule has 0 aliphatic carbocycles. The first-order valence-electron chi connectivity index (χ1n) is 7.37. The van der Waals surface area contributed by atoms with Crippen molar-refractivity contribution in [2.45, 2.75) is 26.3 Å². The van der Waals surface area contributed by atoms with Gasteiger partial charge in [0.1, 0.15) is 0 Å². The van der Waals surface area contributed by atoms with E-state index in [0.717, 1.165) is 29.0 Å². The molecule has 2 aromatic carbocycles. The molecule has 2 aromatic rings. The molecule has 0 radical (unpaired) electrons. The molecule has 1 unspecified atom stereocenters. The van der Waals surface area contributed by atoms with Crippen molar-refractivity contribution < 1.29 is 9.47 Å². The second-order valence-corrected chi connectivity index (χ2v) is 5.93. The highest BCUT2D eigenvalue weighted by Gasteiger charge is 2.16. The first-order valence-corrected chi connectivity index (χ1v) is 7.37. The van der Waals surface area contributed by atoms with Gasteiger partial charge in [0.2, 0.25) is 6.79 Å². The Morgan fingerprint density at radius 2 is 1.62 bits per heavy atom. The van der Waals surface area contributed by atoms with Crippen LogP contribution in [0.1, 0.15) is 36.6 Å². The van der Waals surface area contributed by atoms with Gasteiger partial charge >= 0.3 is 0 Å². The first kappa shape index (κ1) is 14.0. The number of benzene rings is 2. The van der Waals surface area contributed by atoms with Crippen LogP contribution in [0.4, 0.5) is 0 Å². The van der Waals surface area contributed by atoms with Crippen LogP contribution < -0.4 is 15.2 Å². The fourth-order valence-corrected chi connectivity index (χ4v) is 2.63. The maximum atomic E-state index is 6.37. The lowest BCUT2D eigenvalue weighted by atomic mass is 9.96. The van der Waals surface area contributed by atoms with Gasteiger partial charge in [0, 0.05) is 0 Å². The van der Waals surface area contributed by atoms with Crippen LogP contribution in [0.15, 0.2) is 42.5 Å². The number of rotatable bonds is 4. The van der Waals surface area contributed by atoms with E-state index in [1.165, 1.54) is 5.56 Å². The van der Waals surface area contributed by atoms with Gasteiger partial charge in [0.25, 0.3) is 0 Å². The van der Waals surface area contributed by atoms with Crippen LogP contribution in [0.25, 0.3) is 0 Å². The van der Waals surface area contributed by atoms with E-state index in [1.54, 1.807) is 0 Å². The van der Waals surface area contributed by atoms with E-state index >= 15 is 0 Å². The minimum Gasteiger partial charge on any atom is -0.454 e. The Morgan fingerprint density at radius 1 is 0.952 bits per heavy atom. The van der Waals surface area contributed by atoms with Gasteiger partial charge in [-0.1, -0.05) is 44.2 Å². The van der Waals surface area contributed by atoms with Gasteiger partial charge < -0.3 is 15.2 Å². The zero-order chi connectivity index (χ0) is 14.8. The average molecular weight is 283 g/mol. The number of ether oxygens (including phenoxy) is 2. The summed E-state index contributed by atoms with van der Waals surface area (Å²) in [6.45, 7) is 4.75. The molecule has 3 rings (SSSR count). The van der Waals surface area contributed by atoms with Crippen LogP contribution in [-0.4, -0.2) is 6.79 Å². The van der Waals surface area contributed by atoms with E-state index in [0.29, 0.717) is 5.92 Å².